The molecule has 0 unspecified atom stereocenters. The summed E-state index contributed by atoms with van der Waals surface area (Å²) in [6.45, 7) is 0.342. The number of nitrogens with zero attached hydrogens (tertiary/aromatic N) is 4. The van der Waals surface area contributed by atoms with Crippen LogP contribution in [0.3, 0.4) is 0 Å². The fourth-order valence-electron chi connectivity index (χ4n) is 3.17. The molecular weight excluding hydrogens is 442 g/mol. The number of hydrogen-bond donors (Lipinski definition) is 1. The third-order valence-corrected chi connectivity index (χ3v) is 5.28. The Labute approximate surface area is 182 Å². The fraction of sp³-hybridized carbons (Fsp3) is 0.0870. The van der Waals surface area contributed by atoms with Crippen LogP contribution >= 0.6 is 16.1 Å². The monoisotopic (exact) mass is 459 g/mol. The van der Waals surface area contributed by atoms with Crippen LogP contribution in [0.5, 0.6) is 5.75 Å². The number of halogens is 1. The summed E-state index contributed by atoms with van der Waals surface area (Å²) in [5, 5.41) is 9.63. The van der Waals surface area contributed by atoms with Crippen LogP contribution in [-0.4, -0.2) is 16.6 Å². The van der Waals surface area contributed by atoms with E-state index in [9.17, 15) is 0 Å². The second kappa shape index (κ2) is 8.80. The van der Waals surface area contributed by atoms with E-state index in [1.54, 1.807) is 0 Å². The van der Waals surface area contributed by atoms with Crippen molar-refractivity contribution in [2.24, 2.45) is 0 Å². The van der Waals surface area contributed by atoms with E-state index in [0.29, 0.717) is 18.8 Å². The van der Waals surface area contributed by atoms with Gasteiger partial charge < -0.3 is 10.5 Å². The Hall–Kier alpha value is -3.63. The van der Waals surface area contributed by atoms with Crippen molar-refractivity contribution in [2.75, 3.05) is 16.3 Å². The highest BCUT2D eigenvalue weighted by molar-refractivity contribution is 9.10. The molecule has 6 nitrogen and oxygen atoms in total. The molecule has 4 rings (SSSR count). The van der Waals surface area contributed by atoms with Crippen LogP contribution < -0.4 is 14.4 Å². The van der Waals surface area contributed by atoms with Gasteiger partial charge in [0.1, 0.15) is 12.4 Å². The zero-order chi connectivity index (χ0) is 20.9. The molecule has 0 fully saturated rings. The van der Waals surface area contributed by atoms with Gasteiger partial charge in [0.05, 0.1) is 39.8 Å². The zero-order valence-electron chi connectivity index (χ0n) is 16.0. The molecule has 0 radical (unpaired) electrons. The standard InChI is InChI=1S/C23H18BrN5O/c24-29(17-7-2-1-3-8-17)22-19-15-16(11-12-20(19)27-23(26)28-22)18-9-4-5-10-21(18)30-14-6-13-25/h1-5,7-12,15H,6,14H2,(H2,26,27,28). The number of rotatable bonds is 6. The summed E-state index contributed by atoms with van der Waals surface area (Å²) < 4.78 is 7.63. The lowest BCUT2D eigenvalue weighted by atomic mass is 10.0. The minimum Gasteiger partial charge on any atom is -0.492 e. The number of nitrogens with two attached hydrogens (primary N) is 1. The van der Waals surface area contributed by atoms with Gasteiger partial charge in [0.2, 0.25) is 5.95 Å². The van der Waals surface area contributed by atoms with Crippen LogP contribution in [0, 0.1) is 11.3 Å². The second-order valence-electron chi connectivity index (χ2n) is 6.51. The van der Waals surface area contributed by atoms with Crippen molar-refractivity contribution in [3.05, 3.63) is 72.8 Å². The lowest BCUT2D eigenvalue weighted by molar-refractivity contribution is 0.328. The van der Waals surface area contributed by atoms with E-state index in [0.717, 1.165) is 33.5 Å². The Morgan fingerprint density at radius 1 is 1.00 bits per heavy atom. The molecule has 4 aromatic rings. The van der Waals surface area contributed by atoms with Gasteiger partial charge in [0.25, 0.3) is 0 Å². The molecule has 30 heavy (non-hydrogen) atoms. The highest BCUT2D eigenvalue weighted by Crippen LogP contribution is 2.37. The van der Waals surface area contributed by atoms with Gasteiger partial charge in [-0.25, -0.2) is 4.98 Å². The number of nitrogen functional groups attached to an aromatic ring is 1. The summed E-state index contributed by atoms with van der Waals surface area (Å²) >= 11 is 3.62. The minimum absolute atomic E-state index is 0.200. The topological polar surface area (TPSA) is 88.1 Å². The maximum Gasteiger partial charge on any atom is 0.222 e. The van der Waals surface area contributed by atoms with Gasteiger partial charge >= 0.3 is 0 Å². The molecule has 2 N–H and O–H groups in total. The maximum atomic E-state index is 8.78. The van der Waals surface area contributed by atoms with Crippen molar-refractivity contribution in [2.45, 2.75) is 6.42 Å². The SMILES string of the molecule is N#CCCOc1ccccc1-c1ccc2nc(N)nc(N(Br)c3ccccc3)c2c1. The first-order valence-electron chi connectivity index (χ1n) is 9.35. The molecule has 0 amide bonds. The van der Waals surface area contributed by atoms with Crippen molar-refractivity contribution in [1.29, 1.82) is 5.26 Å². The summed E-state index contributed by atoms with van der Waals surface area (Å²) in [6, 6.07) is 25.6. The van der Waals surface area contributed by atoms with Gasteiger partial charge in [-0.05, 0) is 35.9 Å². The molecule has 1 heterocycles. The van der Waals surface area contributed by atoms with Crippen LogP contribution in [0.4, 0.5) is 17.5 Å². The van der Waals surface area contributed by atoms with E-state index in [4.69, 9.17) is 15.7 Å². The Morgan fingerprint density at radius 3 is 2.57 bits per heavy atom. The van der Waals surface area contributed by atoms with E-state index in [1.165, 1.54) is 0 Å². The molecule has 148 valence electrons. The van der Waals surface area contributed by atoms with Gasteiger partial charge in [0.15, 0.2) is 5.82 Å². The molecule has 0 aliphatic rings. The molecule has 1 aromatic heterocycles. The third kappa shape index (κ3) is 4.04. The van der Waals surface area contributed by atoms with Gasteiger partial charge in [-0.15, -0.1) is 0 Å². The Kier molecular flexibility index (Phi) is 5.77. The summed E-state index contributed by atoms with van der Waals surface area (Å²) in [5.74, 6) is 1.57. The predicted octanol–water partition coefficient (Wildman–Crippen LogP) is 5.62. The molecule has 3 aromatic carbocycles. The first kappa shape index (κ1) is 19.7. The molecule has 7 heteroatoms. The minimum atomic E-state index is 0.200. The van der Waals surface area contributed by atoms with Crippen molar-refractivity contribution >= 4 is 44.5 Å². The van der Waals surface area contributed by atoms with Crippen LogP contribution in [-0.2, 0) is 0 Å². The highest BCUT2D eigenvalue weighted by atomic mass is 79.9. The van der Waals surface area contributed by atoms with Crippen LogP contribution in [0.1, 0.15) is 6.42 Å². The number of nitriles is 1. The first-order chi connectivity index (χ1) is 14.7. The summed E-state index contributed by atoms with van der Waals surface area (Å²) in [6.07, 6.45) is 0.332. The van der Waals surface area contributed by atoms with Crippen LogP contribution in [0.15, 0.2) is 72.8 Å². The number of ether oxygens (including phenoxy) is 1. The van der Waals surface area contributed by atoms with Gasteiger partial charge in [0, 0.05) is 10.9 Å². The van der Waals surface area contributed by atoms with E-state index < -0.39 is 0 Å². The summed E-state index contributed by atoms with van der Waals surface area (Å²) in [4.78, 5) is 8.86. The van der Waals surface area contributed by atoms with Gasteiger partial charge in [-0.3, -0.25) is 3.93 Å². The molecule has 0 aliphatic carbocycles. The average molecular weight is 460 g/mol. The van der Waals surface area contributed by atoms with Crippen molar-refractivity contribution in [3.8, 4) is 22.9 Å². The first-order valence-corrected chi connectivity index (χ1v) is 10.1. The number of fused-ring (bicyclic) bond motifs is 1. The normalized spacial score (nSPS) is 10.5. The van der Waals surface area contributed by atoms with E-state index in [1.807, 2.05) is 76.7 Å². The lowest BCUT2D eigenvalue weighted by Crippen LogP contribution is -2.07. The predicted molar refractivity (Wildman–Crippen MR) is 123 cm³/mol. The molecule has 0 spiro atoms. The number of aromatic nitrogens is 2. The van der Waals surface area contributed by atoms with Gasteiger partial charge in [-0.2, -0.15) is 10.2 Å². The quantitative estimate of drug-likeness (QED) is 0.297. The molecule has 0 atom stereocenters. The lowest BCUT2D eigenvalue weighted by Gasteiger charge is -2.18. The van der Waals surface area contributed by atoms with E-state index >= 15 is 0 Å². The molecule has 0 bridgehead atoms. The Balaban J connectivity index is 1.82. The molecule has 0 saturated heterocycles. The van der Waals surface area contributed by atoms with E-state index in [2.05, 4.69) is 32.2 Å². The maximum absolute atomic E-state index is 8.78. The number of hydrogen-bond acceptors (Lipinski definition) is 6. The Morgan fingerprint density at radius 2 is 1.77 bits per heavy atom. The smallest absolute Gasteiger partial charge is 0.222 e. The Bertz CT molecular complexity index is 1220. The van der Waals surface area contributed by atoms with Crippen molar-refractivity contribution in [3.63, 3.8) is 0 Å². The molecule has 0 aliphatic heterocycles. The zero-order valence-corrected chi connectivity index (χ0v) is 17.6. The largest absolute Gasteiger partial charge is 0.492 e. The molecule has 0 saturated carbocycles. The highest BCUT2D eigenvalue weighted by Gasteiger charge is 2.16. The third-order valence-electron chi connectivity index (χ3n) is 4.53. The van der Waals surface area contributed by atoms with Gasteiger partial charge in [-0.1, -0.05) is 42.5 Å². The number of benzene rings is 3. The number of para-hydroxylation sites is 2. The van der Waals surface area contributed by atoms with Crippen molar-refractivity contribution < 1.29 is 4.74 Å². The summed E-state index contributed by atoms with van der Waals surface area (Å²) in [7, 11) is 0. The number of anilines is 3. The second-order valence-corrected chi connectivity index (χ2v) is 7.22. The van der Waals surface area contributed by atoms with Crippen LogP contribution in [0.25, 0.3) is 22.0 Å². The average Bonchev–Trinajstić information content (AvgIpc) is 2.79. The van der Waals surface area contributed by atoms with Crippen molar-refractivity contribution in [1.82, 2.24) is 9.97 Å². The summed E-state index contributed by atoms with van der Waals surface area (Å²) in [5.41, 5.74) is 9.51. The van der Waals surface area contributed by atoms with Crippen LogP contribution in [0.2, 0.25) is 0 Å². The molecular formula is C23H18BrN5O. The fourth-order valence-corrected chi connectivity index (χ4v) is 3.67. The van der Waals surface area contributed by atoms with E-state index in [-0.39, 0.29) is 5.95 Å².